The molecule has 1 aliphatic rings. The van der Waals surface area contributed by atoms with Crippen LogP contribution in [0, 0.1) is 5.82 Å². The maximum absolute atomic E-state index is 13.2. The van der Waals surface area contributed by atoms with Crippen LogP contribution in [0.25, 0.3) is 0 Å². The second-order valence-electron chi connectivity index (χ2n) is 5.28. The molecule has 1 heterocycles. The van der Waals surface area contributed by atoms with Crippen LogP contribution in [0.3, 0.4) is 0 Å². The van der Waals surface area contributed by atoms with Crippen molar-refractivity contribution in [1.82, 2.24) is 5.32 Å². The number of nitrogens with one attached hydrogen (secondary N) is 1. The number of nitrogens with zero attached hydrogens (tertiary/aromatic N) is 1. The Morgan fingerprint density at radius 1 is 1.41 bits per heavy atom. The smallest absolute Gasteiger partial charge is 0.125 e. The maximum atomic E-state index is 13.2. The van der Waals surface area contributed by atoms with Crippen molar-refractivity contribution in [2.45, 2.75) is 31.7 Å². The second-order valence-corrected chi connectivity index (χ2v) is 5.28. The van der Waals surface area contributed by atoms with Gasteiger partial charge in [-0.25, -0.2) is 4.39 Å². The first-order chi connectivity index (χ1) is 8.09. The van der Waals surface area contributed by atoms with Crippen molar-refractivity contribution in [3.05, 3.63) is 30.1 Å². The van der Waals surface area contributed by atoms with E-state index in [4.69, 9.17) is 0 Å². The SMILES string of the molecule is CN(CC1(C)CCCCN1)c1cccc(F)c1. The summed E-state index contributed by atoms with van der Waals surface area (Å²) in [5.41, 5.74) is 1.10. The lowest BCUT2D eigenvalue weighted by Gasteiger charge is -2.38. The summed E-state index contributed by atoms with van der Waals surface area (Å²) in [4.78, 5) is 2.13. The molecule has 2 nitrogen and oxygen atoms in total. The first-order valence-corrected chi connectivity index (χ1v) is 6.31. The minimum atomic E-state index is -0.170. The van der Waals surface area contributed by atoms with Gasteiger partial charge in [-0.15, -0.1) is 0 Å². The van der Waals surface area contributed by atoms with Crippen LogP contribution in [0.4, 0.5) is 10.1 Å². The highest BCUT2D eigenvalue weighted by Crippen LogP contribution is 2.22. The normalized spacial score (nSPS) is 24.6. The number of rotatable bonds is 3. The summed E-state index contributed by atoms with van der Waals surface area (Å²) < 4.78 is 13.2. The van der Waals surface area contributed by atoms with Gasteiger partial charge in [0.25, 0.3) is 0 Å². The fourth-order valence-electron chi connectivity index (χ4n) is 2.58. The summed E-state index contributed by atoms with van der Waals surface area (Å²) in [7, 11) is 2.02. The van der Waals surface area contributed by atoms with Crippen LogP contribution in [0.1, 0.15) is 26.2 Å². The average molecular weight is 236 g/mol. The van der Waals surface area contributed by atoms with Gasteiger partial charge in [-0.2, -0.15) is 0 Å². The van der Waals surface area contributed by atoms with Gasteiger partial charge in [-0.3, -0.25) is 0 Å². The molecular formula is C14H21FN2. The van der Waals surface area contributed by atoms with Gasteiger partial charge < -0.3 is 10.2 Å². The minimum absolute atomic E-state index is 0.152. The van der Waals surface area contributed by atoms with E-state index < -0.39 is 0 Å². The zero-order valence-corrected chi connectivity index (χ0v) is 10.7. The minimum Gasteiger partial charge on any atom is -0.373 e. The van der Waals surface area contributed by atoms with Crippen molar-refractivity contribution in [2.75, 3.05) is 25.0 Å². The van der Waals surface area contributed by atoms with E-state index in [1.54, 1.807) is 12.1 Å². The summed E-state index contributed by atoms with van der Waals surface area (Å²) >= 11 is 0. The van der Waals surface area contributed by atoms with E-state index in [9.17, 15) is 4.39 Å². The number of hydrogen-bond acceptors (Lipinski definition) is 2. The van der Waals surface area contributed by atoms with Crippen LogP contribution in [0.15, 0.2) is 24.3 Å². The third-order valence-corrected chi connectivity index (χ3v) is 3.54. The topological polar surface area (TPSA) is 15.3 Å². The van der Waals surface area contributed by atoms with Gasteiger partial charge in [0.05, 0.1) is 0 Å². The molecule has 94 valence electrons. The molecule has 1 atom stereocenters. The van der Waals surface area contributed by atoms with Crippen molar-refractivity contribution in [1.29, 1.82) is 0 Å². The quantitative estimate of drug-likeness (QED) is 0.868. The Kier molecular flexibility index (Phi) is 3.67. The molecule has 0 aliphatic carbocycles. The maximum Gasteiger partial charge on any atom is 0.125 e. The van der Waals surface area contributed by atoms with Gasteiger partial charge in [-0.1, -0.05) is 12.5 Å². The molecule has 0 amide bonds. The number of anilines is 1. The predicted octanol–water partition coefficient (Wildman–Crippen LogP) is 2.79. The van der Waals surface area contributed by atoms with Crippen LogP contribution in [0.2, 0.25) is 0 Å². The van der Waals surface area contributed by atoms with Crippen molar-refractivity contribution in [2.24, 2.45) is 0 Å². The Morgan fingerprint density at radius 3 is 2.88 bits per heavy atom. The summed E-state index contributed by atoms with van der Waals surface area (Å²) in [6, 6.07) is 6.79. The summed E-state index contributed by atoms with van der Waals surface area (Å²) in [5.74, 6) is -0.170. The molecule has 1 saturated heterocycles. The third kappa shape index (κ3) is 3.19. The van der Waals surface area contributed by atoms with E-state index >= 15 is 0 Å². The van der Waals surface area contributed by atoms with Gasteiger partial charge in [0, 0.05) is 24.8 Å². The molecule has 1 aliphatic heterocycles. The Hall–Kier alpha value is -1.09. The van der Waals surface area contributed by atoms with Gasteiger partial charge in [0.15, 0.2) is 0 Å². The van der Waals surface area contributed by atoms with Crippen LogP contribution < -0.4 is 10.2 Å². The summed E-state index contributed by atoms with van der Waals surface area (Å²) in [6.07, 6.45) is 3.73. The average Bonchev–Trinajstić information content (AvgIpc) is 2.29. The molecule has 1 N–H and O–H groups in total. The monoisotopic (exact) mass is 236 g/mol. The van der Waals surface area contributed by atoms with E-state index in [0.717, 1.165) is 18.8 Å². The molecule has 0 spiro atoms. The lowest BCUT2D eigenvalue weighted by Crippen LogP contribution is -2.53. The zero-order chi connectivity index (χ0) is 12.3. The summed E-state index contributed by atoms with van der Waals surface area (Å²) in [6.45, 7) is 4.26. The van der Waals surface area contributed by atoms with E-state index in [2.05, 4.69) is 17.1 Å². The predicted molar refractivity (Wildman–Crippen MR) is 69.9 cm³/mol. The van der Waals surface area contributed by atoms with E-state index in [1.165, 1.54) is 25.3 Å². The molecule has 0 aromatic heterocycles. The molecule has 0 saturated carbocycles. The van der Waals surface area contributed by atoms with Crippen LogP contribution in [-0.2, 0) is 0 Å². The van der Waals surface area contributed by atoms with E-state index in [0.29, 0.717) is 0 Å². The van der Waals surface area contributed by atoms with Gasteiger partial charge in [0.1, 0.15) is 5.82 Å². The Morgan fingerprint density at radius 2 is 2.24 bits per heavy atom. The highest BCUT2D eigenvalue weighted by atomic mass is 19.1. The standard InChI is InChI=1S/C14H21FN2/c1-14(8-3-4-9-16-14)11-17(2)13-7-5-6-12(15)10-13/h5-7,10,16H,3-4,8-9,11H2,1-2H3. The molecular weight excluding hydrogens is 215 g/mol. The van der Waals surface area contributed by atoms with Crippen LogP contribution >= 0.6 is 0 Å². The molecule has 2 rings (SSSR count). The molecule has 1 unspecified atom stereocenters. The number of halogens is 1. The fraction of sp³-hybridized carbons (Fsp3) is 0.571. The Bertz CT molecular complexity index is 372. The van der Waals surface area contributed by atoms with Crippen LogP contribution in [0.5, 0.6) is 0 Å². The molecule has 3 heteroatoms. The van der Waals surface area contributed by atoms with Gasteiger partial charge >= 0.3 is 0 Å². The molecule has 0 bridgehead atoms. The number of piperidine rings is 1. The molecule has 1 aromatic rings. The van der Waals surface area contributed by atoms with Crippen molar-refractivity contribution >= 4 is 5.69 Å². The first kappa shape index (κ1) is 12.4. The second kappa shape index (κ2) is 5.05. The number of hydrogen-bond donors (Lipinski definition) is 1. The van der Waals surface area contributed by atoms with Gasteiger partial charge in [-0.05, 0) is 44.5 Å². The summed E-state index contributed by atoms with van der Waals surface area (Å²) in [5, 5.41) is 3.58. The fourth-order valence-corrected chi connectivity index (χ4v) is 2.58. The lowest BCUT2D eigenvalue weighted by molar-refractivity contribution is 0.283. The Labute approximate surface area is 103 Å². The molecule has 1 aromatic carbocycles. The van der Waals surface area contributed by atoms with E-state index in [-0.39, 0.29) is 11.4 Å². The largest absolute Gasteiger partial charge is 0.373 e. The molecule has 1 fully saturated rings. The first-order valence-electron chi connectivity index (χ1n) is 6.31. The molecule has 0 radical (unpaired) electrons. The van der Waals surface area contributed by atoms with Crippen molar-refractivity contribution in [3.63, 3.8) is 0 Å². The van der Waals surface area contributed by atoms with Crippen molar-refractivity contribution < 1.29 is 4.39 Å². The van der Waals surface area contributed by atoms with Crippen molar-refractivity contribution in [3.8, 4) is 0 Å². The number of likely N-dealkylation sites (N-methyl/N-ethyl adjacent to an activating group) is 1. The highest BCUT2D eigenvalue weighted by Gasteiger charge is 2.27. The number of benzene rings is 1. The molecule has 17 heavy (non-hydrogen) atoms. The van der Waals surface area contributed by atoms with Crippen LogP contribution in [-0.4, -0.2) is 25.7 Å². The van der Waals surface area contributed by atoms with Gasteiger partial charge in [0.2, 0.25) is 0 Å². The third-order valence-electron chi connectivity index (χ3n) is 3.54. The zero-order valence-electron chi connectivity index (χ0n) is 10.7. The van der Waals surface area contributed by atoms with E-state index in [1.807, 2.05) is 13.1 Å². The Balaban J connectivity index is 2.03. The highest BCUT2D eigenvalue weighted by molar-refractivity contribution is 5.46. The lowest BCUT2D eigenvalue weighted by atomic mass is 9.90.